The number of aromatic nitrogens is 8. The van der Waals surface area contributed by atoms with Crippen LogP contribution >= 0.6 is 11.8 Å². The molecule has 3 aromatic heterocycles. The van der Waals surface area contributed by atoms with Gasteiger partial charge in [0.1, 0.15) is 0 Å². The van der Waals surface area contributed by atoms with Crippen molar-refractivity contribution in [3.63, 3.8) is 0 Å². The van der Waals surface area contributed by atoms with Crippen LogP contribution in [-0.2, 0) is 12.8 Å². The van der Waals surface area contributed by atoms with Crippen molar-refractivity contribution in [1.82, 2.24) is 39.7 Å². The van der Waals surface area contributed by atoms with Crippen molar-refractivity contribution in [2.24, 2.45) is 7.05 Å². The number of benzene rings is 2. The molecule has 14 heteroatoms. The van der Waals surface area contributed by atoms with E-state index in [9.17, 15) is 14.9 Å². The number of hydrogen-bond acceptors (Lipinski definition) is 10. The lowest BCUT2D eigenvalue weighted by molar-refractivity contribution is -0.384. The molecule has 5 rings (SSSR count). The molecule has 0 aliphatic carbocycles. The molecule has 13 nitrogen and oxygen atoms in total. The van der Waals surface area contributed by atoms with Crippen LogP contribution in [0.3, 0.4) is 0 Å². The Balaban J connectivity index is 1.40. The molecule has 3 heterocycles. The first kappa shape index (κ1) is 22.2. The molecular weight excluding hydrogens is 474 g/mol. The van der Waals surface area contributed by atoms with Gasteiger partial charge in [-0.2, -0.15) is 9.67 Å². The molecule has 35 heavy (non-hydrogen) atoms. The number of para-hydroxylation sites is 1. The quantitative estimate of drug-likeness (QED) is 0.189. The lowest BCUT2D eigenvalue weighted by Gasteiger charge is -2.07. The van der Waals surface area contributed by atoms with E-state index < -0.39 is 4.92 Å². The van der Waals surface area contributed by atoms with Gasteiger partial charge in [0, 0.05) is 24.7 Å². The molecule has 2 aromatic carbocycles. The van der Waals surface area contributed by atoms with Crippen LogP contribution in [0.25, 0.3) is 22.8 Å². The molecule has 0 amide bonds. The highest BCUT2D eigenvalue weighted by Gasteiger charge is 2.22. The molecular formula is C21H17N9O4S. The fourth-order valence-corrected chi connectivity index (χ4v) is 4.24. The van der Waals surface area contributed by atoms with Crippen molar-refractivity contribution in [3.8, 4) is 22.8 Å². The van der Waals surface area contributed by atoms with Gasteiger partial charge in [-0.15, -0.1) is 5.10 Å². The van der Waals surface area contributed by atoms with Gasteiger partial charge in [-0.3, -0.25) is 19.6 Å². The average molecular weight is 491 g/mol. The number of nitro benzene ring substituents is 1. The van der Waals surface area contributed by atoms with E-state index in [4.69, 9.17) is 4.52 Å². The summed E-state index contributed by atoms with van der Waals surface area (Å²) < 4.78 is 9.97. The van der Waals surface area contributed by atoms with Gasteiger partial charge in [0.2, 0.25) is 16.9 Å². The molecule has 5 aromatic rings. The van der Waals surface area contributed by atoms with Gasteiger partial charge in [0.05, 0.1) is 22.1 Å². The Kier molecular flexibility index (Phi) is 5.70. The molecule has 0 unspecified atom stereocenters. The predicted octanol–water partition coefficient (Wildman–Crippen LogP) is 2.71. The third-order valence-electron chi connectivity index (χ3n) is 5.28. The summed E-state index contributed by atoms with van der Waals surface area (Å²) in [7, 11) is 1.79. The summed E-state index contributed by atoms with van der Waals surface area (Å²) in [5.74, 6) is 0.729. The highest BCUT2D eigenvalue weighted by atomic mass is 32.2. The van der Waals surface area contributed by atoms with Gasteiger partial charge in [-0.05, 0) is 29.5 Å². The molecule has 0 saturated carbocycles. The number of tetrazole rings is 1. The Morgan fingerprint density at radius 3 is 2.71 bits per heavy atom. The number of nitrogens with zero attached hydrogens (tertiary/aromatic N) is 9. The van der Waals surface area contributed by atoms with Gasteiger partial charge in [0.25, 0.3) is 11.2 Å². The van der Waals surface area contributed by atoms with E-state index >= 15 is 0 Å². The molecule has 0 aliphatic rings. The van der Waals surface area contributed by atoms with Crippen LogP contribution in [-0.4, -0.2) is 44.6 Å². The second-order valence-corrected chi connectivity index (χ2v) is 8.33. The molecule has 0 fully saturated rings. The standard InChI is InChI=1S/C21H17N9O4S/c1-13-18(20(31)29(27(13)2)15-8-4-3-5-9-15)28-21(23-25-26-28)35-12-17-22-19(24-34-17)14-7-6-10-16(11-14)30(32)33/h3-11H,12H2,1-2H3. The van der Waals surface area contributed by atoms with E-state index in [1.807, 2.05) is 37.3 Å². The topological polar surface area (TPSA) is 153 Å². The number of nitro groups is 1. The zero-order chi connectivity index (χ0) is 24.5. The van der Waals surface area contributed by atoms with Crippen LogP contribution in [0.4, 0.5) is 5.69 Å². The molecule has 0 saturated heterocycles. The fraction of sp³-hybridized carbons (Fsp3) is 0.143. The minimum atomic E-state index is -0.489. The maximum atomic E-state index is 13.3. The summed E-state index contributed by atoms with van der Waals surface area (Å²) in [4.78, 5) is 28.1. The highest BCUT2D eigenvalue weighted by Crippen LogP contribution is 2.25. The third kappa shape index (κ3) is 4.10. The summed E-state index contributed by atoms with van der Waals surface area (Å²) in [5, 5.41) is 27.1. The van der Waals surface area contributed by atoms with E-state index in [2.05, 4.69) is 25.7 Å². The molecule has 0 N–H and O–H groups in total. The molecule has 0 bridgehead atoms. The van der Waals surface area contributed by atoms with E-state index in [-0.39, 0.29) is 28.7 Å². The van der Waals surface area contributed by atoms with E-state index in [1.165, 1.54) is 28.6 Å². The Hall–Kier alpha value is -4.59. The Labute approximate surface area is 201 Å². The van der Waals surface area contributed by atoms with E-state index in [1.54, 1.807) is 28.5 Å². The first-order valence-corrected chi connectivity index (χ1v) is 11.3. The van der Waals surface area contributed by atoms with Crippen LogP contribution in [0, 0.1) is 17.0 Å². The van der Waals surface area contributed by atoms with Crippen molar-refractivity contribution in [3.05, 3.63) is 86.7 Å². The summed E-state index contributed by atoms with van der Waals surface area (Å²) in [5.41, 5.74) is 1.85. The third-order valence-corrected chi connectivity index (χ3v) is 6.19. The van der Waals surface area contributed by atoms with Crippen molar-refractivity contribution in [2.75, 3.05) is 0 Å². The van der Waals surface area contributed by atoms with Gasteiger partial charge >= 0.3 is 0 Å². The normalized spacial score (nSPS) is 11.1. The van der Waals surface area contributed by atoms with Gasteiger partial charge in [0.15, 0.2) is 5.69 Å². The van der Waals surface area contributed by atoms with Gasteiger partial charge in [-0.1, -0.05) is 47.3 Å². The Morgan fingerprint density at radius 2 is 1.94 bits per heavy atom. The fourth-order valence-electron chi connectivity index (χ4n) is 3.52. The molecule has 176 valence electrons. The number of hydrogen-bond donors (Lipinski definition) is 0. The molecule has 0 radical (unpaired) electrons. The van der Waals surface area contributed by atoms with Crippen LogP contribution in [0.15, 0.2) is 69.1 Å². The Morgan fingerprint density at radius 1 is 1.14 bits per heavy atom. The number of rotatable bonds is 7. The second-order valence-electron chi connectivity index (χ2n) is 7.39. The second kappa shape index (κ2) is 8.98. The number of non-ortho nitro benzene ring substituents is 1. The SMILES string of the molecule is Cc1c(-n2nnnc2SCc2nc(-c3cccc([N+](=O)[O-])c3)no2)c(=O)n(-c2ccccc2)n1C. The van der Waals surface area contributed by atoms with Gasteiger partial charge < -0.3 is 4.52 Å². The lowest BCUT2D eigenvalue weighted by Crippen LogP contribution is -2.22. The minimum absolute atomic E-state index is 0.0678. The first-order valence-electron chi connectivity index (χ1n) is 10.3. The van der Waals surface area contributed by atoms with E-state index in [0.29, 0.717) is 22.1 Å². The van der Waals surface area contributed by atoms with Crippen LogP contribution in [0.2, 0.25) is 0 Å². The van der Waals surface area contributed by atoms with Gasteiger partial charge in [-0.25, -0.2) is 4.68 Å². The van der Waals surface area contributed by atoms with Crippen molar-refractivity contribution in [1.29, 1.82) is 0 Å². The maximum Gasteiger partial charge on any atom is 0.297 e. The maximum absolute atomic E-state index is 13.3. The van der Waals surface area contributed by atoms with E-state index in [0.717, 1.165) is 5.69 Å². The summed E-state index contributed by atoms with van der Waals surface area (Å²) >= 11 is 1.21. The summed E-state index contributed by atoms with van der Waals surface area (Å²) in [6.07, 6.45) is 0. The van der Waals surface area contributed by atoms with Crippen LogP contribution in [0.1, 0.15) is 11.6 Å². The highest BCUT2D eigenvalue weighted by molar-refractivity contribution is 7.98. The number of thioether (sulfide) groups is 1. The largest absolute Gasteiger partial charge is 0.338 e. The average Bonchev–Trinajstić information content (AvgIpc) is 3.57. The zero-order valence-electron chi connectivity index (χ0n) is 18.5. The van der Waals surface area contributed by atoms with Crippen LogP contribution < -0.4 is 5.56 Å². The minimum Gasteiger partial charge on any atom is -0.338 e. The first-order chi connectivity index (χ1) is 16.9. The zero-order valence-corrected chi connectivity index (χ0v) is 19.3. The monoisotopic (exact) mass is 491 g/mol. The summed E-state index contributed by atoms with van der Waals surface area (Å²) in [6, 6.07) is 15.2. The summed E-state index contributed by atoms with van der Waals surface area (Å²) in [6.45, 7) is 1.82. The molecule has 0 spiro atoms. The van der Waals surface area contributed by atoms with Crippen molar-refractivity contribution >= 4 is 17.4 Å². The van der Waals surface area contributed by atoms with Crippen molar-refractivity contribution in [2.45, 2.75) is 17.8 Å². The Bertz CT molecular complexity index is 1590. The van der Waals surface area contributed by atoms with Crippen molar-refractivity contribution < 1.29 is 9.45 Å². The smallest absolute Gasteiger partial charge is 0.297 e. The molecule has 0 atom stereocenters. The molecule has 0 aliphatic heterocycles. The lowest BCUT2D eigenvalue weighted by atomic mass is 10.2. The van der Waals surface area contributed by atoms with Crippen LogP contribution in [0.5, 0.6) is 0 Å². The predicted molar refractivity (Wildman–Crippen MR) is 124 cm³/mol.